The van der Waals surface area contributed by atoms with Crippen LogP contribution in [0, 0.1) is 5.82 Å². The molecule has 0 saturated heterocycles. The monoisotopic (exact) mass is 257 g/mol. The first kappa shape index (κ1) is 11.4. The zero-order valence-electron chi connectivity index (χ0n) is 8.06. The molecule has 0 aliphatic carbocycles. The van der Waals surface area contributed by atoms with Gasteiger partial charge in [0.25, 0.3) is 0 Å². The number of hydrogen-bond acceptors (Lipinski definition) is 1. The van der Waals surface area contributed by atoms with Crippen LogP contribution in [0.2, 0.25) is 0 Å². The smallest absolute Gasteiger partial charge is 0.137 e. The molecule has 2 N–H and O–H groups in total. The van der Waals surface area contributed by atoms with Gasteiger partial charge in [-0.15, -0.1) is 0 Å². The standard InChI is InChI=1S/C11H13BrFN/c1-2-8(7-14)5-9-3-4-11(13)10(12)6-9/h3-6H,2,7,14H2,1H3. The van der Waals surface area contributed by atoms with E-state index >= 15 is 0 Å². The zero-order valence-corrected chi connectivity index (χ0v) is 9.64. The highest BCUT2D eigenvalue weighted by Gasteiger charge is 1.99. The van der Waals surface area contributed by atoms with E-state index in [0.717, 1.165) is 17.6 Å². The normalized spacial score (nSPS) is 11.9. The van der Waals surface area contributed by atoms with Crippen molar-refractivity contribution in [3.63, 3.8) is 0 Å². The Morgan fingerprint density at radius 3 is 2.79 bits per heavy atom. The molecule has 0 bridgehead atoms. The third-order valence-corrected chi connectivity index (χ3v) is 2.64. The Hall–Kier alpha value is -0.670. The van der Waals surface area contributed by atoms with Crippen molar-refractivity contribution in [3.05, 3.63) is 39.6 Å². The van der Waals surface area contributed by atoms with Crippen LogP contribution >= 0.6 is 15.9 Å². The number of rotatable bonds is 3. The van der Waals surface area contributed by atoms with Crippen LogP contribution < -0.4 is 5.73 Å². The molecule has 0 unspecified atom stereocenters. The molecule has 0 aromatic heterocycles. The average molecular weight is 258 g/mol. The highest BCUT2D eigenvalue weighted by Crippen LogP contribution is 2.18. The van der Waals surface area contributed by atoms with Crippen LogP contribution in [0.15, 0.2) is 28.2 Å². The second-order valence-corrected chi connectivity index (χ2v) is 3.89. The summed E-state index contributed by atoms with van der Waals surface area (Å²) in [6.07, 6.45) is 2.91. The van der Waals surface area contributed by atoms with E-state index in [1.807, 2.05) is 6.08 Å². The first-order valence-corrected chi connectivity index (χ1v) is 5.31. The van der Waals surface area contributed by atoms with Crippen molar-refractivity contribution in [2.45, 2.75) is 13.3 Å². The van der Waals surface area contributed by atoms with Crippen molar-refractivity contribution in [2.24, 2.45) is 5.73 Å². The molecule has 1 nitrogen and oxygen atoms in total. The quantitative estimate of drug-likeness (QED) is 0.884. The lowest BCUT2D eigenvalue weighted by Gasteiger charge is -2.01. The van der Waals surface area contributed by atoms with Crippen LogP contribution in [0.1, 0.15) is 18.9 Å². The summed E-state index contributed by atoms with van der Waals surface area (Å²) in [7, 11) is 0. The van der Waals surface area contributed by atoms with Crippen LogP contribution in [0.25, 0.3) is 6.08 Å². The van der Waals surface area contributed by atoms with Crippen molar-refractivity contribution >= 4 is 22.0 Å². The Kier molecular flexibility index (Phi) is 4.29. The molecule has 0 spiro atoms. The summed E-state index contributed by atoms with van der Waals surface area (Å²) in [6.45, 7) is 2.60. The van der Waals surface area contributed by atoms with Crippen molar-refractivity contribution < 1.29 is 4.39 Å². The van der Waals surface area contributed by atoms with Gasteiger partial charge in [0.1, 0.15) is 5.82 Å². The molecule has 3 heteroatoms. The topological polar surface area (TPSA) is 26.0 Å². The molecule has 0 atom stereocenters. The summed E-state index contributed by atoms with van der Waals surface area (Å²) in [6, 6.07) is 4.94. The SMILES string of the molecule is CCC(=Cc1ccc(F)c(Br)c1)CN. The minimum Gasteiger partial charge on any atom is -0.327 e. The van der Waals surface area contributed by atoms with Gasteiger partial charge in [-0.05, 0) is 40.0 Å². The number of benzene rings is 1. The van der Waals surface area contributed by atoms with Gasteiger partial charge in [0.2, 0.25) is 0 Å². The predicted octanol–water partition coefficient (Wildman–Crippen LogP) is 3.34. The van der Waals surface area contributed by atoms with Crippen molar-refractivity contribution in [1.82, 2.24) is 0 Å². The lowest BCUT2D eigenvalue weighted by Crippen LogP contribution is -2.01. The highest BCUT2D eigenvalue weighted by atomic mass is 79.9. The summed E-state index contributed by atoms with van der Waals surface area (Å²) in [5.74, 6) is -0.243. The molecule has 0 fully saturated rings. The maximum Gasteiger partial charge on any atom is 0.137 e. The molecule has 76 valence electrons. The van der Waals surface area contributed by atoms with Gasteiger partial charge in [-0.3, -0.25) is 0 Å². The molecule has 0 aliphatic heterocycles. The van der Waals surface area contributed by atoms with E-state index < -0.39 is 0 Å². The molecule has 1 aromatic rings. The van der Waals surface area contributed by atoms with Gasteiger partial charge in [-0.25, -0.2) is 4.39 Å². The second-order valence-electron chi connectivity index (χ2n) is 3.03. The van der Waals surface area contributed by atoms with Crippen LogP contribution in [0.4, 0.5) is 4.39 Å². The fourth-order valence-electron chi connectivity index (χ4n) is 1.14. The molecular weight excluding hydrogens is 245 g/mol. The Morgan fingerprint density at radius 1 is 1.57 bits per heavy atom. The predicted molar refractivity (Wildman–Crippen MR) is 61.4 cm³/mol. The van der Waals surface area contributed by atoms with Gasteiger partial charge >= 0.3 is 0 Å². The third kappa shape index (κ3) is 2.93. The molecule has 14 heavy (non-hydrogen) atoms. The van der Waals surface area contributed by atoms with Gasteiger partial charge in [0, 0.05) is 6.54 Å². The van der Waals surface area contributed by atoms with Crippen LogP contribution in [-0.4, -0.2) is 6.54 Å². The van der Waals surface area contributed by atoms with Crippen molar-refractivity contribution in [1.29, 1.82) is 0 Å². The van der Waals surface area contributed by atoms with E-state index in [1.165, 1.54) is 6.07 Å². The van der Waals surface area contributed by atoms with Gasteiger partial charge in [-0.1, -0.05) is 24.6 Å². The van der Waals surface area contributed by atoms with E-state index in [2.05, 4.69) is 22.9 Å². The van der Waals surface area contributed by atoms with Gasteiger partial charge in [0.15, 0.2) is 0 Å². The Balaban J connectivity index is 2.97. The lowest BCUT2D eigenvalue weighted by molar-refractivity contribution is 0.621. The molecule has 0 amide bonds. The fraction of sp³-hybridized carbons (Fsp3) is 0.273. The molecule has 0 saturated carbocycles. The molecule has 1 aromatic carbocycles. The largest absolute Gasteiger partial charge is 0.327 e. The molecular formula is C11H13BrFN. The Morgan fingerprint density at radius 2 is 2.29 bits per heavy atom. The first-order chi connectivity index (χ1) is 6.67. The minimum atomic E-state index is -0.243. The number of nitrogens with two attached hydrogens (primary N) is 1. The van der Waals surface area contributed by atoms with Gasteiger partial charge in [-0.2, -0.15) is 0 Å². The maximum atomic E-state index is 12.9. The molecule has 0 heterocycles. The minimum absolute atomic E-state index is 0.243. The van der Waals surface area contributed by atoms with E-state index in [9.17, 15) is 4.39 Å². The Labute approximate surface area is 91.9 Å². The third-order valence-electron chi connectivity index (χ3n) is 2.03. The summed E-state index contributed by atoms with van der Waals surface area (Å²) in [5.41, 5.74) is 7.67. The molecule has 0 radical (unpaired) electrons. The first-order valence-electron chi connectivity index (χ1n) is 4.52. The second kappa shape index (κ2) is 5.27. The fourth-order valence-corrected chi connectivity index (χ4v) is 1.54. The number of halogens is 2. The zero-order chi connectivity index (χ0) is 10.6. The summed E-state index contributed by atoms with van der Waals surface area (Å²) >= 11 is 3.14. The number of hydrogen-bond donors (Lipinski definition) is 1. The van der Waals surface area contributed by atoms with Crippen molar-refractivity contribution in [2.75, 3.05) is 6.54 Å². The molecule has 0 aliphatic rings. The van der Waals surface area contributed by atoms with Crippen molar-refractivity contribution in [3.8, 4) is 0 Å². The molecule has 1 rings (SSSR count). The van der Waals surface area contributed by atoms with Crippen LogP contribution in [0.3, 0.4) is 0 Å². The Bertz CT molecular complexity index is 341. The van der Waals surface area contributed by atoms with E-state index in [4.69, 9.17) is 5.73 Å². The van der Waals surface area contributed by atoms with Crippen LogP contribution in [0.5, 0.6) is 0 Å². The maximum absolute atomic E-state index is 12.9. The van der Waals surface area contributed by atoms with E-state index in [0.29, 0.717) is 11.0 Å². The highest BCUT2D eigenvalue weighted by molar-refractivity contribution is 9.10. The lowest BCUT2D eigenvalue weighted by atomic mass is 10.1. The van der Waals surface area contributed by atoms with Gasteiger partial charge in [0.05, 0.1) is 4.47 Å². The van der Waals surface area contributed by atoms with E-state index in [1.54, 1.807) is 12.1 Å². The average Bonchev–Trinajstić information content (AvgIpc) is 2.19. The van der Waals surface area contributed by atoms with Gasteiger partial charge < -0.3 is 5.73 Å². The van der Waals surface area contributed by atoms with E-state index in [-0.39, 0.29) is 5.82 Å². The summed E-state index contributed by atoms with van der Waals surface area (Å²) < 4.78 is 13.4. The summed E-state index contributed by atoms with van der Waals surface area (Å²) in [4.78, 5) is 0. The summed E-state index contributed by atoms with van der Waals surface area (Å²) in [5, 5.41) is 0. The van der Waals surface area contributed by atoms with Crippen LogP contribution in [-0.2, 0) is 0 Å².